The molecule has 3 heterocycles. The SMILES string of the molecule is COCCn1cc(NC(=O)Oc2nc(C3CC3)ccc2Nc2cncnc2)c(C(=O)N(C)C)n1. The molecule has 1 saturated carbocycles. The van der Waals surface area contributed by atoms with Gasteiger partial charge in [-0.25, -0.2) is 19.7 Å². The number of aromatic nitrogens is 5. The number of ether oxygens (including phenoxy) is 2. The van der Waals surface area contributed by atoms with Gasteiger partial charge in [-0.15, -0.1) is 0 Å². The Hall–Kier alpha value is -4.06. The summed E-state index contributed by atoms with van der Waals surface area (Å²) in [5.74, 6) is 0.118. The van der Waals surface area contributed by atoms with Gasteiger partial charge in [0.2, 0.25) is 5.88 Å². The fourth-order valence-corrected chi connectivity index (χ4v) is 3.16. The molecule has 3 aromatic heterocycles. The molecule has 12 nitrogen and oxygen atoms in total. The maximum atomic E-state index is 12.8. The second kappa shape index (κ2) is 10.3. The summed E-state index contributed by atoms with van der Waals surface area (Å²) in [5, 5.41) is 10.0. The summed E-state index contributed by atoms with van der Waals surface area (Å²) in [5.41, 5.74) is 2.27. The highest BCUT2D eigenvalue weighted by Gasteiger charge is 2.27. The van der Waals surface area contributed by atoms with Crippen molar-refractivity contribution in [2.24, 2.45) is 0 Å². The number of pyridine rings is 1. The molecule has 1 aliphatic rings. The van der Waals surface area contributed by atoms with Crippen molar-refractivity contribution in [2.75, 3.05) is 38.4 Å². The van der Waals surface area contributed by atoms with Gasteiger partial charge in [0.15, 0.2) is 5.69 Å². The Morgan fingerprint density at radius 2 is 1.94 bits per heavy atom. The Kier molecular flexibility index (Phi) is 6.97. The number of methoxy groups -OCH3 is 1. The van der Waals surface area contributed by atoms with E-state index in [1.807, 2.05) is 6.07 Å². The van der Waals surface area contributed by atoms with E-state index in [1.165, 1.54) is 15.9 Å². The number of carbonyl (C=O) groups excluding carboxylic acids is 2. The minimum atomic E-state index is -0.799. The highest BCUT2D eigenvalue weighted by atomic mass is 16.6. The van der Waals surface area contributed by atoms with Crippen LogP contribution >= 0.6 is 0 Å². The van der Waals surface area contributed by atoms with Gasteiger partial charge in [0.25, 0.3) is 5.91 Å². The molecule has 0 radical (unpaired) electrons. The lowest BCUT2D eigenvalue weighted by molar-refractivity contribution is 0.0821. The van der Waals surface area contributed by atoms with E-state index in [1.54, 1.807) is 45.9 Å². The molecule has 0 atom stereocenters. The fourth-order valence-electron chi connectivity index (χ4n) is 3.16. The lowest BCUT2D eigenvalue weighted by Gasteiger charge is -2.13. The topological polar surface area (TPSA) is 136 Å². The molecule has 34 heavy (non-hydrogen) atoms. The molecule has 0 bridgehead atoms. The van der Waals surface area contributed by atoms with Crippen LogP contribution in [0.2, 0.25) is 0 Å². The zero-order valence-electron chi connectivity index (χ0n) is 19.2. The standard InChI is InChI=1S/C22H26N8O4/c1-29(2)21(31)19-18(12-30(28-19)8-9-33-3)27-22(32)34-20-17(25-15-10-23-13-24-11-15)7-6-16(26-20)14-4-5-14/h6-7,10-14,25H,4-5,8-9H2,1-3H3,(H,27,32). The van der Waals surface area contributed by atoms with Crippen molar-refractivity contribution in [3.8, 4) is 5.88 Å². The molecule has 2 amide bonds. The summed E-state index contributed by atoms with van der Waals surface area (Å²) in [6.45, 7) is 0.816. The third kappa shape index (κ3) is 5.64. The van der Waals surface area contributed by atoms with Crippen molar-refractivity contribution in [3.63, 3.8) is 0 Å². The van der Waals surface area contributed by atoms with Crippen LogP contribution in [-0.2, 0) is 11.3 Å². The van der Waals surface area contributed by atoms with Crippen molar-refractivity contribution < 1.29 is 19.1 Å². The van der Waals surface area contributed by atoms with Gasteiger partial charge in [-0.2, -0.15) is 5.10 Å². The van der Waals surface area contributed by atoms with Crippen molar-refractivity contribution in [1.82, 2.24) is 29.6 Å². The molecule has 1 aliphatic carbocycles. The molecule has 0 aliphatic heterocycles. The molecule has 0 saturated heterocycles. The number of hydrogen-bond acceptors (Lipinski definition) is 9. The van der Waals surface area contributed by atoms with Gasteiger partial charge in [-0.1, -0.05) is 0 Å². The number of amides is 2. The summed E-state index contributed by atoms with van der Waals surface area (Å²) in [6, 6.07) is 3.71. The second-order valence-electron chi connectivity index (χ2n) is 7.98. The van der Waals surface area contributed by atoms with Crippen molar-refractivity contribution in [2.45, 2.75) is 25.3 Å². The monoisotopic (exact) mass is 466 g/mol. The van der Waals surface area contributed by atoms with Gasteiger partial charge in [0, 0.05) is 39.0 Å². The maximum absolute atomic E-state index is 12.8. The van der Waals surface area contributed by atoms with Crippen molar-refractivity contribution in [1.29, 1.82) is 0 Å². The third-order valence-electron chi connectivity index (χ3n) is 5.04. The summed E-state index contributed by atoms with van der Waals surface area (Å²) < 4.78 is 12.2. The van der Waals surface area contributed by atoms with E-state index < -0.39 is 6.09 Å². The molecule has 1 fully saturated rings. The number of nitrogens with zero attached hydrogens (tertiary/aromatic N) is 6. The zero-order valence-corrected chi connectivity index (χ0v) is 19.2. The van der Waals surface area contributed by atoms with E-state index >= 15 is 0 Å². The number of nitrogens with one attached hydrogen (secondary N) is 2. The van der Waals surface area contributed by atoms with Gasteiger partial charge < -0.3 is 19.7 Å². The predicted octanol–water partition coefficient (Wildman–Crippen LogP) is 2.65. The first-order chi connectivity index (χ1) is 16.4. The van der Waals surface area contributed by atoms with Gasteiger partial charge in [0.1, 0.15) is 12.0 Å². The molecular formula is C22H26N8O4. The smallest absolute Gasteiger partial charge is 0.389 e. The Morgan fingerprint density at radius 1 is 1.18 bits per heavy atom. The number of rotatable bonds is 9. The van der Waals surface area contributed by atoms with E-state index in [0.29, 0.717) is 30.4 Å². The van der Waals surface area contributed by atoms with Crippen molar-refractivity contribution >= 4 is 29.1 Å². The highest BCUT2D eigenvalue weighted by Crippen LogP contribution is 2.41. The predicted molar refractivity (Wildman–Crippen MR) is 123 cm³/mol. The molecule has 0 unspecified atom stereocenters. The summed E-state index contributed by atoms with van der Waals surface area (Å²) in [6.07, 6.45) is 7.48. The second-order valence-corrected chi connectivity index (χ2v) is 7.98. The lowest BCUT2D eigenvalue weighted by atomic mass is 10.2. The van der Waals surface area contributed by atoms with Gasteiger partial charge in [-0.05, 0) is 25.0 Å². The average Bonchev–Trinajstić information content (AvgIpc) is 3.60. The summed E-state index contributed by atoms with van der Waals surface area (Å²) in [4.78, 5) is 39.3. The molecule has 2 N–H and O–H groups in total. The normalized spacial score (nSPS) is 12.8. The van der Waals surface area contributed by atoms with Gasteiger partial charge in [-0.3, -0.25) is 14.8 Å². The van der Waals surface area contributed by atoms with Crippen LogP contribution in [-0.4, -0.2) is 69.4 Å². The van der Waals surface area contributed by atoms with Gasteiger partial charge in [0.05, 0.1) is 36.9 Å². The zero-order chi connectivity index (χ0) is 24.1. The van der Waals surface area contributed by atoms with Crippen LogP contribution in [0.3, 0.4) is 0 Å². The minimum Gasteiger partial charge on any atom is -0.389 e. The van der Waals surface area contributed by atoms with Crippen LogP contribution in [0, 0.1) is 0 Å². The number of carbonyl (C=O) groups is 2. The van der Waals surface area contributed by atoms with E-state index in [9.17, 15) is 9.59 Å². The maximum Gasteiger partial charge on any atom is 0.418 e. The molecule has 3 aromatic rings. The average molecular weight is 467 g/mol. The lowest BCUT2D eigenvalue weighted by Crippen LogP contribution is -2.25. The quantitative estimate of drug-likeness (QED) is 0.487. The molecule has 178 valence electrons. The van der Waals surface area contributed by atoms with Gasteiger partial charge >= 0.3 is 6.09 Å². The fraction of sp³-hybridized carbons (Fsp3) is 0.364. The number of hydrogen-bond donors (Lipinski definition) is 2. The Balaban J connectivity index is 1.56. The Labute approximate surface area is 196 Å². The first-order valence-electron chi connectivity index (χ1n) is 10.7. The Bertz CT molecular complexity index is 1160. The van der Waals surface area contributed by atoms with E-state index in [4.69, 9.17) is 9.47 Å². The van der Waals surface area contributed by atoms with E-state index in [2.05, 4.69) is 30.7 Å². The van der Waals surface area contributed by atoms with Crippen LogP contribution in [0.25, 0.3) is 0 Å². The van der Waals surface area contributed by atoms with E-state index in [-0.39, 0.29) is 23.2 Å². The minimum absolute atomic E-state index is 0.0949. The molecule has 4 rings (SSSR count). The Morgan fingerprint density at radius 3 is 2.62 bits per heavy atom. The van der Waals surface area contributed by atoms with Crippen LogP contribution in [0.1, 0.15) is 34.9 Å². The van der Waals surface area contributed by atoms with Crippen LogP contribution < -0.4 is 15.4 Å². The van der Waals surface area contributed by atoms with Crippen molar-refractivity contribution in [3.05, 3.63) is 48.4 Å². The van der Waals surface area contributed by atoms with Crippen LogP contribution in [0.5, 0.6) is 5.88 Å². The van der Waals surface area contributed by atoms with Crippen LogP contribution in [0.4, 0.5) is 21.9 Å². The molecule has 0 aromatic carbocycles. The first kappa shape index (κ1) is 23.1. The molecular weight excluding hydrogens is 440 g/mol. The largest absolute Gasteiger partial charge is 0.418 e. The number of anilines is 3. The molecule has 12 heteroatoms. The first-order valence-corrected chi connectivity index (χ1v) is 10.7. The van der Waals surface area contributed by atoms with Crippen LogP contribution in [0.15, 0.2) is 37.1 Å². The highest BCUT2D eigenvalue weighted by molar-refractivity contribution is 6.01. The van der Waals surface area contributed by atoms with E-state index in [0.717, 1.165) is 18.5 Å². The molecule has 0 spiro atoms. The third-order valence-corrected chi connectivity index (χ3v) is 5.04. The summed E-state index contributed by atoms with van der Waals surface area (Å²) in [7, 11) is 4.79. The summed E-state index contributed by atoms with van der Waals surface area (Å²) >= 11 is 0.